The lowest BCUT2D eigenvalue weighted by Crippen LogP contribution is -2.32. The molecule has 0 unspecified atom stereocenters. The molecular weight excluding hydrogens is 310 g/mol. The van der Waals surface area contributed by atoms with Gasteiger partial charge in [-0.2, -0.15) is 0 Å². The summed E-state index contributed by atoms with van der Waals surface area (Å²) in [5.74, 6) is 0.877. The Hall–Kier alpha value is -1.71. The third kappa shape index (κ3) is 6.83. The normalized spacial score (nSPS) is 16.0. The van der Waals surface area contributed by atoms with Crippen LogP contribution >= 0.6 is 0 Å². The van der Waals surface area contributed by atoms with Gasteiger partial charge in [-0.15, -0.1) is 0 Å². The second-order valence-electron chi connectivity index (χ2n) is 5.07. The number of rotatable bonds is 4. The summed E-state index contributed by atoms with van der Waals surface area (Å²) in [4.78, 5) is 12.7. The molecule has 0 amide bonds. The maximum Gasteiger partial charge on any atom is 0.310 e. The summed E-state index contributed by atoms with van der Waals surface area (Å²) >= 11 is 0. The molecule has 1 saturated heterocycles. The molecule has 1 aliphatic rings. The molecule has 9 heteroatoms. The summed E-state index contributed by atoms with van der Waals surface area (Å²) in [6.07, 6.45) is 2.19. The van der Waals surface area contributed by atoms with E-state index in [4.69, 9.17) is 13.2 Å². The van der Waals surface area contributed by atoms with Crippen molar-refractivity contribution in [3.63, 3.8) is 0 Å². The number of likely N-dealkylation sites (tertiary alicyclic amines) is 1. The zero-order valence-corrected chi connectivity index (χ0v) is 13.3. The fraction of sp³-hybridized carbons (Fsp3) is 0.538. The van der Waals surface area contributed by atoms with Crippen molar-refractivity contribution in [2.24, 2.45) is 11.1 Å². The first-order chi connectivity index (χ1) is 10.4. The first-order valence-electron chi connectivity index (χ1n) is 6.84. The average Bonchev–Trinajstić information content (AvgIpc) is 2.46. The molecule has 0 aliphatic carbocycles. The Morgan fingerprint density at radius 3 is 2.45 bits per heavy atom. The van der Waals surface area contributed by atoms with Crippen LogP contribution in [0.1, 0.15) is 12.8 Å². The first kappa shape index (κ1) is 18.3. The molecule has 1 fully saturated rings. The summed E-state index contributed by atoms with van der Waals surface area (Å²) in [7, 11) is -0.510. The molecule has 2 N–H and O–H groups in total. The predicted molar refractivity (Wildman–Crippen MR) is 83.3 cm³/mol. The minimum Gasteiger partial charge on any atom is -0.487 e. The number of nitrogens with two attached hydrogens (primary N) is 1. The molecule has 124 valence electrons. The van der Waals surface area contributed by atoms with Crippen LogP contribution < -0.4 is 9.88 Å². The fourth-order valence-electron chi connectivity index (χ4n) is 2.17. The van der Waals surface area contributed by atoms with E-state index >= 15 is 0 Å². The number of nitro groups is 1. The predicted octanol–water partition coefficient (Wildman–Crippen LogP) is 0.787. The monoisotopic (exact) mass is 331 g/mol. The van der Waals surface area contributed by atoms with Gasteiger partial charge in [0.2, 0.25) is 0 Å². The maximum atomic E-state index is 10.8. The van der Waals surface area contributed by atoms with Crippen LogP contribution in [0.25, 0.3) is 0 Å². The van der Waals surface area contributed by atoms with E-state index < -0.39 is 15.8 Å². The molecule has 8 nitrogen and oxygen atoms in total. The molecule has 1 heterocycles. The first-order valence-corrected chi connectivity index (χ1v) is 8.08. The van der Waals surface area contributed by atoms with E-state index in [1.807, 2.05) is 0 Å². The molecular formula is C13H21N3O5S. The van der Waals surface area contributed by atoms with Gasteiger partial charge in [0.15, 0.2) is 16.6 Å². The Labute approximate surface area is 131 Å². The van der Waals surface area contributed by atoms with E-state index in [0.717, 1.165) is 25.9 Å². The Morgan fingerprint density at radius 1 is 1.36 bits per heavy atom. The van der Waals surface area contributed by atoms with Crippen molar-refractivity contribution >= 4 is 16.6 Å². The lowest BCUT2D eigenvalue weighted by molar-refractivity contribution is -0.385. The Bertz CT molecular complexity index is 548. The minimum absolute atomic E-state index is 0.0467. The molecule has 2 rings (SSSR count). The Morgan fingerprint density at radius 2 is 1.91 bits per heavy atom. The highest BCUT2D eigenvalue weighted by molar-refractivity contribution is 7.69. The van der Waals surface area contributed by atoms with Gasteiger partial charge in [-0.1, -0.05) is 12.1 Å². The molecule has 1 aromatic rings. The number of hydrogen-bond acceptors (Lipinski definition) is 6. The molecule has 0 saturated carbocycles. The zero-order chi connectivity index (χ0) is 16.5. The topological polar surface area (TPSA) is 116 Å². The summed E-state index contributed by atoms with van der Waals surface area (Å²) < 4.78 is 23.2. The third-order valence-electron chi connectivity index (χ3n) is 3.37. The molecule has 0 aromatic heterocycles. The zero-order valence-electron chi connectivity index (χ0n) is 12.4. The number of hydrogen-bond donors (Lipinski definition) is 2. The van der Waals surface area contributed by atoms with Crippen molar-refractivity contribution in [3.8, 4) is 5.75 Å². The van der Waals surface area contributed by atoms with Crippen molar-refractivity contribution in [2.75, 3.05) is 26.7 Å². The fourth-order valence-corrected chi connectivity index (χ4v) is 2.17. The SMILES string of the molecule is CN1CCC(COc2ccccc2[N+](=O)[O-])CC1.N[SH](=O)=O. The number of para-hydroxylation sites is 2. The second-order valence-corrected chi connectivity index (χ2v) is 5.64. The maximum absolute atomic E-state index is 10.8. The van der Waals surface area contributed by atoms with Crippen LogP contribution in [0.3, 0.4) is 0 Å². The van der Waals surface area contributed by atoms with E-state index in [-0.39, 0.29) is 5.69 Å². The minimum atomic E-state index is -2.62. The van der Waals surface area contributed by atoms with Crippen molar-refractivity contribution in [1.29, 1.82) is 0 Å². The van der Waals surface area contributed by atoms with Gasteiger partial charge in [-0.05, 0) is 45.0 Å². The smallest absolute Gasteiger partial charge is 0.310 e. The van der Waals surface area contributed by atoms with Gasteiger partial charge < -0.3 is 9.64 Å². The van der Waals surface area contributed by atoms with Crippen LogP contribution in [0.15, 0.2) is 24.3 Å². The second kappa shape index (κ2) is 9.34. The van der Waals surface area contributed by atoms with Crippen LogP contribution in [-0.2, 0) is 10.9 Å². The number of benzene rings is 1. The van der Waals surface area contributed by atoms with Gasteiger partial charge in [-0.3, -0.25) is 10.1 Å². The quantitative estimate of drug-likeness (QED) is 0.479. The molecule has 1 aromatic carbocycles. The molecule has 0 atom stereocenters. The Balaban J connectivity index is 0.000000541. The summed E-state index contributed by atoms with van der Waals surface area (Å²) in [5, 5.41) is 14.9. The van der Waals surface area contributed by atoms with Crippen LogP contribution in [0.2, 0.25) is 0 Å². The van der Waals surface area contributed by atoms with Crippen LogP contribution in [0.5, 0.6) is 5.75 Å². The average molecular weight is 331 g/mol. The van der Waals surface area contributed by atoms with Gasteiger partial charge in [0.25, 0.3) is 0 Å². The van der Waals surface area contributed by atoms with Crippen molar-refractivity contribution in [1.82, 2.24) is 4.90 Å². The van der Waals surface area contributed by atoms with E-state index in [9.17, 15) is 10.1 Å². The number of nitrogens with zero attached hydrogens (tertiary/aromatic N) is 2. The number of thiol groups is 1. The highest BCUT2D eigenvalue weighted by atomic mass is 32.2. The van der Waals surface area contributed by atoms with Crippen molar-refractivity contribution in [2.45, 2.75) is 12.8 Å². The number of ether oxygens (including phenoxy) is 1. The standard InChI is InChI=1S/C13H18N2O3.H3NO2S/c1-14-8-6-11(7-9-14)10-18-13-5-3-2-4-12(13)15(16)17;1-4(2)3/h2-5,11H,6-10H2,1H3;4H,(H2,1,2,3). The lowest BCUT2D eigenvalue weighted by Gasteiger charge is -2.28. The van der Waals surface area contributed by atoms with E-state index in [2.05, 4.69) is 17.1 Å². The van der Waals surface area contributed by atoms with E-state index in [1.54, 1.807) is 18.2 Å². The Kier molecular flexibility index (Phi) is 7.78. The van der Waals surface area contributed by atoms with Gasteiger partial charge in [-0.25, -0.2) is 13.6 Å². The van der Waals surface area contributed by atoms with Gasteiger partial charge >= 0.3 is 5.69 Å². The molecule has 0 spiro atoms. The summed E-state index contributed by atoms with van der Waals surface area (Å²) in [6, 6.07) is 6.55. The van der Waals surface area contributed by atoms with Crippen LogP contribution in [0, 0.1) is 16.0 Å². The summed E-state index contributed by atoms with van der Waals surface area (Å²) in [5.41, 5.74) is 0.0467. The van der Waals surface area contributed by atoms with Crippen molar-refractivity contribution in [3.05, 3.63) is 34.4 Å². The van der Waals surface area contributed by atoms with E-state index in [1.165, 1.54) is 6.07 Å². The third-order valence-corrected chi connectivity index (χ3v) is 3.37. The molecule has 1 aliphatic heterocycles. The summed E-state index contributed by atoms with van der Waals surface area (Å²) in [6.45, 7) is 2.72. The molecule has 0 radical (unpaired) electrons. The number of piperidine rings is 1. The highest BCUT2D eigenvalue weighted by Gasteiger charge is 2.19. The van der Waals surface area contributed by atoms with Gasteiger partial charge in [0, 0.05) is 6.07 Å². The van der Waals surface area contributed by atoms with Crippen LogP contribution in [0.4, 0.5) is 5.69 Å². The van der Waals surface area contributed by atoms with Crippen LogP contribution in [-0.4, -0.2) is 45.0 Å². The number of nitro benzene ring substituents is 1. The molecule has 0 bridgehead atoms. The van der Waals surface area contributed by atoms with Crippen molar-refractivity contribution < 1.29 is 18.1 Å². The van der Waals surface area contributed by atoms with Gasteiger partial charge in [0.05, 0.1) is 11.5 Å². The van der Waals surface area contributed by atoms with E-state index in [0.29, 0.717) is 18.3 Å². The molecule has 22 heavy (non-hydrogen) atoms. The van der Waals surface area contributed by atoms with Gasteiger partial charge in [0.1, 0.15) is 0 Å². The largest absolute Gasteiger partial charge is 0.487 e. The highest BCUT2D eigenvalue weighted by Crippen LogP contribution is 2.27. The lowest BCUT2D eigenvalue weighted by atomic mass is 9.98.